The van der Waals surface area contributed by atoms with Crippen molar-refractivity contribution in [2.75, 3.05) is 4.90 Å². The summed E-state index contributed by atoms with van der Waals surface area (Å²) in [6.45, 7) is 2.04. The summed E-state index contributed by atoms with van der Waals surface area (Å²) < 4.78 is 0.676. The topological polar surface area (TPSA) is 96.3 Å². The average molecular weight is 501 g/mol. The molecule has 1 aliphatic heterocycles. The Kier molecular flexibility index (Phi) is 6.43. The first-order valence-corrected chi connectivity index (χ1v) is 12.6. The smallest absolute Gasteiger partial charge is 0.301 e. The second-order valence-electron chi connectivity index (χ2n) is 7.95. The maximum atomic E-state index is 13.2. The van der Waals surface area contributed by atoms with Gasteiger partial charge in [-0.15, -0.1) is 10.2 Å². The molecule has 1 atom stereocenters. The number of hydrogen-bond acceptors (Lipinski definition) is 8. The molecule has 174 valence electrons. The number of rotatable bonds is 6. The van der Waals surface area contributed by atoms with E-state index in [9.17, 15) is 14.7 Å². The zero-order valence-electron chi connectivity index (χ0n) is 18.7. The number of carbonyl (C=O) groups excluding carboxylic acids is 2. The zero-order chi connectivity index (χ0) is 24.4. The third-order valence-corrected chi connectivity index (χ3v) is 7.70. The fourth-order valence-electron chi connectivity index (χ4n) is 3.82. The minimum Gasteiger partial charge on any atom is -0.507 e. The second kappa shape index (κ2) is 9.81. The molecule has 9 heteroatoms. The summed E-state index contributed by atoms with van der Waals surface area (Å²) in [4.78, 5) is 31.8. The van der Waals surface area contributed by atoms with E-state index in [-0.39, 0.29) is 11.3 Å². The van der Waals surface area contributed by atoms with Crippen molar-refractivity contribution >= 4 is 45.7 Å². The number of hydrogen-bond donors (Lipinski definition) is 1. The number of thioether (sulfide) groups is 1. The maximum Gasteiger partial charge on any atom is 0.301 e. The molecule has 3 heterocycles. The molecule has 1 fully saturated rings. The van der Waals surface area contributed by atoms with Crippen LogP contribution in [-0.4, -0.2) is 32.0 Å². The number of aromatic nitrogens is 3. The van der Waals surface area contributed by atoms with Gasteiger partial charge in [0.25, 0.3) is 5.78 Å². The molecule has 2 aromatic carbocycles. The van der Waals surface area contributed by atoms with E-state index in [2.05, 4.69) is 39.4 Å². The number of ketones is 1. The molecular formula is C26H20N4O3S2. The van der Waals surface area contributed by atoms with Gasteiger partial charge in [-0.2, -0.15) is 0 Å². The highest BCUT2D eigenvalue weighted by Gasteiger charge is 2.48. The number of aryl methyl sites for hydroxylation is 1. The first-order chi connectivity index (χ1) is 17.0. The van der Waals surface area contributed by atoms with Crippen LogP contribution in [0.15, 0.2) is 89.0 Å². The van der Waals surface area contributed by atoms with E-state index in [4.69, 9.17) is 0 Å². The van der Waals surface area contributed by atoms with Gasteiger partial charge in [-0.1, -0.05) is 89.3 Å². The van der Waals surface area contributed by atoms with Gasteiger partial charge in [0.05, 0.1) is 11.6 Å². The van der Waals surface area contributed by atoms with Crippen LogP contribution in [-0.2, 0) is 15.3 Å². The molecule has 0 unspecified atom stereocenters. The van der Waals surface area contributed by atoms with E-state index in [1.54, 1.807) is 48.8 Å². The van der Waals surface area contributed by atoms with Gasteiger partial charge in [0.2, 0.25) is 5.13 Å². The Hall–Kier alpha value is -3.82. The molecule has 1 saturated heterocycles. The Morgan fingerprint density at radius 3 is 2.51 bits per heavy atom. The molecule has 1 aliphatic rings. The molecule has 1 N–H and O–H groups in total. The third-order valence-electron chi connectivity index (χ3n) is 5.58. The number of benzene rings is 2. The third kappa shape index (κ3) is 4.60. The van der Waals surface area contributed by atoms with Gasteiger partial charge in [0, 0.05) is 23.7 Å². The largest absolute Gasteiger partial charge is 0.507 e. The number of carbonyl (C=O) groups is 2. The van der Waals surface area contributed by atoms with Gasteiger partial charge in [-0.25, -0.2) is 0 Å². The van der Waals surface area contributed by atoms with E-state index < -0.39 is 17.7 Å². The van der Waals surface area contributed by atoms with Crippen molar-refractivity contribution < 1.29 is 14.7 Å². The van der Waals surface area contributed by atoms with Crippen LogP contribution in [0.2, 0.25) is 0 Å². The number of pyridine rings is 1. The number of Topliss-reactive ketones (excluding diaryl/α,β-unsaturated/α-hetero) is 1. The zero-order valence-corrected chi connectivity index (χ0v) is 20.3. The first kappa shape index (κ1) is 22.9. The quantitative estimate of drug-likeness (QED) is 0.128. The molecule has 1 amide bonds. The fraction of sp³-hybridized carbons (Fsp3) is 0.115. The van der Waals surface area contributed by atoms with Crippen molar-refractivity contribution in [2.45, 2.75) is 23.1 Å². The Bertz CT molecular complexity index is 1400. The number of amides is 1. The lowest BCUT2D eigenvalue weighted by molar-refractivity contribution is -0.132. The summed E-state index contributed by atoms with van der Waals surface area (Å²) in [6.07, 6.45) is 3.19. The van der Waals surface area contributed by atoms with Crippen molar-refractivity contribution in [1.82, 2.24) is 15.2 Å². The summed E-state index contributed by atoms with van der Waals surface area (Å²) >= 11 is 2.75. The molecule has 35 heavy (non-hydrogen) atoms. The van der Waals surface area contributed by atoms with E-state index >= 15 is 0 Å². The molecule has 2 aromatic heterocycles. The molecule has 0 saturated carbocycles. The van der Waals surface area contributed by atoms with Gasteiger partial charge in [-0.3, -0.25) is 19.5 Å². The van der Waals surface area contributed by atoms with Gasteiger partial charge < -0.3 is 5.11 Å². The van der Waals surface area contributed by atoms with Crippen LogP contribution in [0.5, 0.6) is 0 Å². The minimum atomic E-state index is -0.869. The van der Waals surface area contributed by atoms with Crippen molar-refractivity contribution in [3.8, 4) is 0 Å². The average Bonchev–Trinajstić information content (AvgIpc) is 3.46. The van der Waals surface area contributed by atoms with E-state index in [1.807, 2.05) is 13.0 Å². The standard InChI is InChI=1S/C26H20N4O3S2/c1-16-9-11-17(12-10-16)15-34-26-29-28-25(35-26)30-21(19-8-5-13-27-14-19)20(23(32)24(30)33)22(31)18-6-3-2-4-7-18/h2-14,21,31H,15H2,1H3/t21-/m1/s1. The summed E-state index contributed by atoms with van der Waals surface area (Å²) in [5.74, 6) is -1.07. The fourth-order valence-corrected chi connectivity index (χ4v) is 5.65. The monoisotopic (exact) mass is 500 g/mol. The molecular weight excluding hydrogens is 480 g/mol. The number of aliphatic hydroxyl groups excluding tert-OH is 1. The van der Waals surface area contributed by atoms with Crippen LogP contribution in [0.1, 0.15) is 28.3 Å². The van der Waals surface area contributed by atoms with Crippen LogP contribution in [0.25, 0.3) is 5.76 Å². The molecule has 4 aromatic rings. The van der Waals surface area contributed by atoms with Crippen molar-refractivity contribution in [3.63, 3.8) is 0 Å². The SMILES string of the molecule is Cc1ccc(CSc2nnc(N3C(=O)C(=O)C(=C(O)c4ccccc4)[C@H]3c3cccnc3)s2)cc1. The lowest BCUT2D eigenvalue weighted by Crippen LogP contribution is -2.29. The van der Waals surface area contributed by atoms with Crippen LogP contribution >= 0.6 is 23.1 Å². The summed E-state index contributed by atoms with van der Waals surface area (Å²) in [5.41, 5.74) is 3.38. The molecule has 0 bridgehead atoms. The molecule has 5 rings (SSSR count). The number of anilines is 1. The summed E-state index contributed by atoms with van der Waals surface area (Å²) in [7, 11) is 0. The number of aliphatic hydroxyl groups is 1. The van der Waals surface area contributed by atoms with Crippen LogP contribution < -0.4 is 4.90 Å². The Morgan fingerprint density at radius 1 is 1.03 bits per heavy atom. The van der Waals surface area contributed by atoms with E-state index in [1.165, 1.54) is 33.6 Å². The van der Waals surface area contributed by atoms with Crippen LogP contribution in [0.3, 0.4) is 0 Å². The van der Waals surface area contributed by atoms with E-state index in [0.29, 0.717) is 26.4 Å². The molecule has 0 spiro atoms. The van der Waals surface area contributed by atoms with Gasteiger partial charge in [-0.05, 0) is 24.1 Å². The Morgan fingerprint density at radius 2 is 1.80 bits per heavy atom. The highest BCUT2D eigenvalue weighted by atomic mass is 32.2. The maximum absolute atomic E-state index is 13.2. The van der Waals surface area contributed by atoms with Crippen molar-refractivity contribution in [1.29, 1.82) is 0 Å². The van der Waals surface area contributed by atoms with Gasteiger partial charge in [0.1, 0.15) is 5.76 Å². The Labute approximate surface area is 210 Å². The lowest BCUT2D eigenvalue weighted by Gasteiger charge is -2.22. The van der Waals surface area contributed by atoms with Gasteiger partial charge in [0.15, 0.2) is 4.34 Å². The minimum absolute atomic E-state index is 0.00161. The van der Waals surface area contributed by atoms with Crippen molar-refractivity contribution in [2.24, 2.45) is 0 Å². The van der Waals surface area contributed by atoms with Crippen molar-refractivity contribution in [3.05, 3.63) is 107 Å². The first-order valence-electron chi connectivity index (χ1n) is 10.8. The highest BCUT2D eigenvalue weighted by Crippen LogP contribution is 2.43. The van der Waals surface area contributed by atoms with Crippen LogP contribution in [0, 0.1) is 6.92 Å². The number of nitrogens with zero attached hydrogens (tertiary/aromatic N) is 4. The Balaban J connectivity index is 1.51. The second-order valence-corrected chi connectivity index (χ2v) is 10.1. The summed E-state index contributed by atoms with van der Waals surface area (Å²) in [6, 6.07) is 19.6. The lowest BCUT2D eigenvalue weighted by atomic mass is 9.96. The normalized spacial score (nSPS) is 17.2. The predicted octanol–water partition coefficient (Wildman–Crippen LogP) is 5.16. The van der Waals surface area contributed by atoms with Crippen LogP contribution in [0.4, 0.5) is 5.13 Å². The highest BCUT2D eigenvalue weighted by molar-refractivity contribution is 8.00. The van der Waals surface area contributed by atoms with E-state index in [0.717, 1.165) is 5.56 Å². The molecule has 0 aliphatic carbocycles. The molecule has 7 nitrogen and oxygen atoms in total. The van der Waals surface area contributed by atoms with Gasteiger partial charge >= 0.3 is 5.91 Å². The summed E-state index contributed by atoms with van der Waals surface area (Å²) in [5, 5.41) is 19.8. The molecule has 0 radical (unpaired) electrons. The predicted molar refractivity (Wildman–Crippen MR) is 136 cm³/mol.